The molecule has 1 heterocycles. The molecule has 0 fully saturated rings. The Morgan fingerprint density at radius 2 is 2.56 bits per heavy atom. The Morgan fingerprint density at radius 3 is 3.00 bits per heavy atom. The molecule has 0 aromatic heterocycles. The molecule has 0 saturated heterocycles. The van der Waals surface area contributed by atoms with E-state index in [9.17, 15) is 4.79 Å². The maximum atomic E-state index is 10.8. The highest BCUT2D eigenvalue weighted by molar-refractivity contribution is 5.81. The lowest BCUT2D eigenvalue weighted by Crippen LogP contribution is -2.27. The number of carbonyl (C=O) groups excluding carboxylic acids is 1. The van der Waals surface area contributed by atoms with Crippen LogP contribution < -0.4 is 5.73 Å². The largest absolute Gasteiger partial charge is 0.329 e. The minimum atomic E-state index is 0.153. The third-order valence-corrected chi connectivity index (χ3v) is 1.27. The lowest BCUT2D eigenvalue weighted by molar-refractivity contribution is -0.126. The average Bonchev–Trinajstić information content (AvgIpc) is 2.18. The topological polar surface area (TPSA) is 46.3 Å². The molecule has 50 valence electrons. The molecular weight excluding hydrogens is 116 g/mol. The number of nitrogens with two attached hydrogens (primary N) is 1. The molecule has 0 unspecified atom stereocenters. The second kappa shape index (κ2) is 2.64. The molecule has 0 aromatic carbocycles. The number of hydrogen-bond acceptors (Lipinski definition) is 2. The molecule has 1 aliphatic heterocycles. The van der Waals surface area contributed by atoms with E-state index in [1.807, 2.05) is 6.08 Å². The van der Waals surface area contributed by atoms with E-state index in [4.69, 9.17) is 5.73 Å². The molecule has 9 heavy (non-hydrogen) atoms. The van der Waals surface area contributed by atoms with Crippen LogP contribution in [0.2, 0.25) is 0 Å². The van der Waals surface area contributed by atoms with Crippen LogP contribution in [0.15, 0.2) is 12.3 Å². The minimum absolute atomic E-state index is 0.153. The van der Waals surface area contributed by atoms with Gasteiger partial charge in [-0.05, 0) is 0 Å². The van der Waals surface area contributed by atoms with E-state index in [0.29, 0.717) is 19.5 Å². The lowest BCUT2D eigenvalue weighted by Gasteiger charge is -2.10. The number of amides is 1. The third-order valence-electron chi connectivity index (χ3n) is 1.27. The summed E-state index contributed by atoms with van der Waals surface area (Å²) in [5.41, 5.74) is 5.24. The summed E-state index contributed by atoms with van der Waals surface area (Å²) in [5.74, 6) is 0.153. The van der Waals surface area contributed by atoms with E-state index < -0.39 is 0 Å². The molecule has 0 atom stereocenters. The molecule has 0 radical (unpaired) electrons. The van der Waals surface area contributed by atoms with Gasteiger partial charge in [0.2, 0.25) is 5.91 Å². The predicted octanol–water partition coefficient (Wildman–Crippen LogP) is -0.309. The fourth-order valence-corrected chi connectivity index (χ4v) is 0.819. The summed E-state index contributed by atoms with van der Waals surface area (Å²) >= 11 is 0. The van der Waals surface area contributed by atoms with Gasteiger partial charge >= 0.3 is 0 Å². The fourth-order valence-electron chi connectivity index (χ4n) is 0.819. The van der Waals surface area contributed by atoms with E-state index in [0.717, 1.165) is 0 Å². The highest BCUT2D eigenvalue weighted by Crippen LogP contribution is 2.03. The molecule has 2 N–H and O–H groups in total. The highest BCUT2D eigenvalue weighted by Gasteiger charge is 2.12. The minimum Gasteiger partial charge on any atom is -0.329 e. The summed E-state index contributed by atoms with van der Waals surface area (Å²) in [6.45, 7) is 1.19. The van der Waals surface area contributed by atoms with Crippen molar-refractivity contribution < 1.29 is 4.79 Å². The first-order valence-corrected chi connectivity index (χ1v) is 3.01. The lowest BCUT2D eigenvalue weighted by atomic mass is 10.4. The van der Waals surface area contributed by atoms with E-state index >= 15 is 0 Å². The van der Waals surface area contributed by atoms with Crippen LogP contribution in [0.4, 0.5) is 0 Å². The summed E-state index contributed by atoms with van der Waals surface area (Å²) in [6.07, 6.45) is 4.17. The van der Waals surface area contributed by atoms with Crippen LogP contribution in [0.5, 0.6) is 0 Å². The number of carbonyl (C=O) groups is 1. The van der Waals surface area contributed by atoms with E-state index in [2.05, 4.69) is 0 Å². The van der Waals surface area contributed by atoms with Crippen molar-refractivity contribution in [1.29, 1.82) is 0 Å². The molecule has 0 aromatic rings. The summed E-state index contributed by atoms with van der Waals surface area (Å²) in [4.78, 5) is 12.4. The third kappa shape index (κ3) is 1.29. The van der Waals surface area contributed by atoms with Gasteiger partial charge in [0.05, 0.1) is 0 Å². The molecule has 0 saturated carbocycles. The van der Waals surface area contributed by atoms with Crippen molar-refractivity contribution in [3.8, 4) is 0 Å². The normalized spacial score (nSPS) is 17.4. The molecular formula is C6H10N2O. The summed E-state index contributed by atoms with van der Waals surface area (Å²) in [5, 5.41) is 0. The van der Waals surface area contributed by atoms with Crippen LogP contribution in [0.25, 0.3) is 0 Å². The number of hydrogen-bond donors (Lipinski definition) is 1. The first kappa shape index (κ1) is 6.29. The van der Waals surface area contributed by atoms with Gasteiger partial charge in [0.1, 0.15) is 0 Å². The fraction of sp³-hybridized carbons (Fsp3) is 0.500. The second-order valence-corrected chi connectivity index (χ2v) is 1.96. The van der Waals surface area contributed by atoms with Crippen molar-refractivity contribution in [3.05, 3.63) is 12.3 Å². The maximum Gasteiger partial charge on any atom is 0.230 e. The van der Waals surface area contributed by atoms with E-state index in [1.54, 1.807) is 11.1 Å². The van der Waals surface area contributed by atoms with Crippen molar-refractivity contribution in [3.63, 3.8) is 0 Å². The molecule has 3 heteroatoms. The average molecular weight is 126 g/mol. The Labute approximate surface area is 54.1 Å². The standard InChI is InChI=1S/C6H10N2O/c7-3-5-8-4-1-2-6(8)9/h1,4H,2-3,5,7H2. The zero-order valence-electron chi connectivity index (χ0n) is 5.21. The van der Waals surface area contributed by atoms with Crippen molar-refractivity contribution in [2.24, 2.45) is 5.73 Å². The first-order valence-electron chi connectivity index (χ1n) is 3.01. The summed E-state index contributed by atoms with van der Waals surface area (Å²) < 4.78 is 0. The number of rotatable bonds is 2. The smallest absolute Gasteiger partial charge is 0.230 e. The van der Waals surface area contributed by atoms with Crippen LogP contribution >= 0.6 is 0 Å². The van der Waals surface area contributed by atoms with Gasteiger partial charge in [-0.3, -0.25) is 4.79 Å². The van der Waals surface area contributed by atoms with Gasteiger partial charge in [0, 0.05) is 25.7 Å². The summed E-state index contributed by atoms with van der Waals surface area (Å²) in [6, 6.07) is 0. The highest BCUT2D eigenvalue weighted by atomic mass is 16.2. The zero-order chi connectivity index (χ0) is 6.69. The van der Waals surface area contributed by atoms with Crippen molar-refractivity contribution in [2.75, 3.05) is 13.1 Å². The Hall–Kier alpha value is -0.830. The van der Waals surface area contributed by atoms with Crippen LogP contribution in [0.1, 0.15) is 6.42 Å². The summed E-state index contributed by atoms with van der Waals surface area (Å²) in [7, 11) is 0. The van der Waals surface area contributed by atoms with Gasteiger partial charge in [0.15, 0.2) is 0 Å². The molecule has 0 bridgehead atoms. The van der Waals surface area contributed by atoms with Gasteiger partial charge in [-0.25, -0.2) is 0 Å². The van der Waals surface area contributed by atoms with Crippen molar-refractivity contribution in [1.82, 2.24) is 4.90 Å². The van der Waals surface area contributed by atoms with Gasteiger partial charge in [-0.2, -0.15) is 0 Å². The van der Waals surface area contributed by atoms with Gasteiger partial charge in [0.25, 0.3) is 0 Å². The number of nitrogens with zero attached hydrogens (tertiary/aromatic N) is 1. The molecule has 0 aliphatic carbocycles. The van der Waals surface area contributed by atoms with Crippen LogP contribution in [-0.4, -0.2) is 23.9 Å². The molecule has 0 spiro atoms. The Balaban J connectivity index is 2.40. The maximum absolute atomic E-state index is 10.8. The van der Waals surface area contributed by atoms with Crippen LogP contribution in [0, 0.1) is 0 Å². The zero-order valence-corrected chi connectivity index (χ0v) is 5.21. The molecule has 1 rings (SSSR count). The molecule has 1 amide bonds. The van der Waals surface area contributed by atoms with Crippen LogP contribution in [0.3, 0.4) is 0 Å². The predicted molar refractivity (Wildman–Crippen MR) is 34.5 cm³/mol. The van der Waals surface area contributed by atoms with Gasteiger partial charge in [-0.1, -0.05) is 6.08 Å². The second-order valence-electron chi connectivity index (χ2n) is 1.96. The van der Waals surface area contributed by atoms with Gasteiger partial charge < -0.3 is 10.6 Å². The van der Waals surface area contributed by atoms with Gasteiger partial charge in [-0.15, -0.1) is 0 Å². The Bertz CT molecular complexity index is 142. The van der Waals surface area contributed by atoms with Crippen LogP contribution in [-0.2, 0) is 4.79 Å². The van der Waals surface area contributed by atoms with Crippen molar-refractivity contribution >= 4 is 5.91 Å². The van der Waals surface area contributed by atoms with E-state index in [1.165, 1.54) is 0 Å². The molecule has 1 aliphatic rings. The van der Waals surface area contributed by atoms with E-state index in [-0.39, 0.29) is 5.91 Å². The first-order chi connectivity index (χ1) is 4.34. The van der Waals surface area contributed by atoms with Crippen molar-refractivity contribution in [2.45, 2.75) is 6.42 Å². The quantitative estimate of drug-likeness (QED) is 0.551. The monoisotopic (exact) mass is 126 g/mol. The Kier molecular flexibility index (Phi) is 1.85. The SMILES string of the molecule is NCCN1C=CCC1=O. The Morgan fingerprint density at radius 1 is 1.78 bits per heavy atom. The molecule has 3 nitrogen and oxygen atoms in total.